The van der Waals surface area contributed by atoms with Crippen molar-refractivity contribution in [3.05, 3.63) is 71.4 Å². The van der Waals surface area contributed by atoms with E-state index in [1.165, 1.54) is 82.3 Å². The van der Waals surface area contributed by atoms with E-state index in [1.54, 1.807) is 63.3 Å². The molecule has 0 aliphatic heterocycles. The maximum atomic E-state index is 14.4. The third-order valence-electron chi connectivity index (χ3n) is 19.6. The molecule has 121 heavy (non-hydrogen) atoms. The minimum Gasteiger partial charge on any atom is -0.445 e. The van der Waals surface area contributed by atoms with E-state index < -0.39 is 178 Å². The van der Waals surface area contributed by atoms with Gasteiger partial charge in [-0.1, -0.05) is 70.2 Å². The highest BCUT2D eigenvalue weighted by atomic mass is 16.6. The fourth-order valence-electron chi connectivity index (χ4n) is 11.7. The number of H-pyrrole nitrogens is 1. The van der Waals surface area contributed by atoms with Gasteiger partial charge in [-0.25, -0.2) is 9.59 Å². The van der Waals surface area contributed by atoms with Crippen molar-refractivity contribution >= 4 is 123 Å². The third-order valence-corrected chi connectivity index (χ3v) is 19.6. The number of hydrogen-bond acceptors (Lipinski definition) is 21. The van der Waals surface area contributed by atoms with Crippen LogP contribution in [0.2, 0.25) is 0 Å². The van der Waals surface area contributed by atoms with Gasteiger partial charge in [0.25, 0.3) is 0 Å². The summed E-state index contributed by atoms with van der Waals surface area (Å²) in [7, 11) is 16.4. The Kier molecular flexibility index (Phi) is 44.3. The lowest BCUT2D eigenvalue weighted by Crippen LogP contribution is -2.50. The molecule has 0 saturated carbocycles. The first-order valence-electron chi connectivity index (χ1n) is 39.9. The first-order chi connectivity index (χ1) is 56.8. The van der Waals surface area contributed by atoms with Gasteiger partial charge < -0.3 is 106 Å². The molecular formula is C81H126N20O20. The molecule has 0 spiro atoms. The quantitative estimate of drug-likeness (QED) is 0.0273. The zero-order valence-corrected chi connectivity index (χ0v) is 73.1. The Hall–Kier alpha value is -12.1. The number of nitrogens with two attached hydrogens (primary N) is 1. The highest BCUT2D eigenvalue weighted by molar-refractivity contribution is 5.97. The first kappa shape index (κ1) is 103. The van der Waals surface area contributed by atoms with Crippen LogP contribution in [0, 0.1) is 11.8 Å². The van der Waals surface area contributed by atoms with Gasteiger partial charge in [-0.3, -0.25) is 81.5 Å². The van der Waals surface area contributed by atoms with Crippen LogP contribution in [-0.2, 0) is 106 Å². The Morgan fingerprint density at radius 1 is 0.430 bits per heavy atom. The molecule has 0 saturated heterocycles. The number of ketones is 2. The second-order valence-corrected chi connectivity index (χ2v) is 31.0. The fourth-order valence-corrected chi connectivity index (χ4v) is 11.7. The molecule has 0 fully saturated rings. The maximum Gasteiger partial charge on any atom is 0.409 e. The van der Waals surface area contributed by atoms with Crippen molar-refractivity contribution in [2.24, 2.45) is 17.6 Å². The Balaban J connectivity index is 1.43. The predicted molar refractivity (Wildman–Crippen MR) is 446 cm³/mol. The van der Waals surface area contributed by atoms with Crippen LogP contribution in [0.1, 0.15) is 96.3 Å². The average molecular weight is 1700 g/mol. The number of para-hydroxylation sites is 1. The molecule has 3 atom stereocenters. The van der Waals surface area contributed by atoms with E-state index in [9.17, 15) is 91.1 Å². The summed E-state index contributed by atoms with van der Waals surface area (Å²) in [6.45, 7) is 5.54. The van der Waals surface area contributed by atoms with Crippen molar-refractivity contribution in [2.75, 3.05) is 189 Å². The number of carbonyl (C=O) groups excluding carboxylic acids is 19. The van der Waals surface area contributed by atoms with Crippen LogP contribution in [0.5, 0.6) is 0 Å². The number of benzene rings is 2. The summed E-state index contributed by atoms with van der Waals surface area (Å²) in [6, 6.07) is 11.8. The number of fused-ring (bicyclic) bond motifs is 1. The van der Waals surface area contributed by atoms with E-state index in [0.29, 0.717) is 30.8 Å². The lowest BCUT2D eigenvalue weighted by atomic mass is 9.90. The van der Waals surface area contributed by atoms with Gasteiger partial charge in [-0.2, -0.15) is 0 Å². The standard InChI is InChI=1S/C81H126N20O20/c1-53(2)79(118)90(6)36-37-91(7)81(120)121-52-57-29-27-56(28-30-57)38-64(103)63(25-21-32-86-80(82)119)89-78(117)58(39-59-41-87-62-24-19-18-23-61(59)62)40-60(102)22-20-26-65(104)84-33-31-67(106)93(9)43-69(108)95(11)45-71(110)97(13)47-73(112)99(15)49-75(114)101(17)51-76(115)100(16)50-74(113)98(14)48-72(111)96(12)46-70(109)94(10)44-68(107)92(8)42-66(105)88-55(5)77(116)85-35-34-83-54(3)4/h18-19,23-24,27-30,41,53-55,58,63,83,87H,20-22,25-26,31-40,42-52H2,1-17H3,(H,84,104)(H,85,116)(H,88,105)(H,89,117)(H3,82,86,119)/t55-,58+,63-/m0/s1. The van der Waals surface area contributed by atoms with Crippen LogP contribution in [0.15, 0.2) is 54.7 Å². The summed E-state index contributed by atoms with van der Waals surface area (Å²) < 4.78 is 5.48. The summed E-state index contributed by atoms with van der Waals surface area (Å²) in [5.41, 5.74) is 8.09. The smallest absolute Gasteiger partial charge is 0.409 e. The molecule has 3 rings (SSSR count). The highest BCUT2D eigenvalue weighted by Gasteiger charge is 2.32. The Labute approximate surface area is 707 Å². The number of primary amides is 1. The molecule has 0 radical (unpaired) electrons. The molecule has 2 aromatic carbocycles. The molecule has 0 unspecified atom stereocenters. The number of likely N-dealkylation sites (N-methyl/N-ethyl adjacent to an activating group) is 12. The molecule has 1 heterocycles. The van der Waals surface area contributed by atoms with Gasteiger partial charge >= 0.3 is 12.1 Å². The van der Waals surface area contributed by atoms with Crippen LogP contribution in [-0.4, -0.2) is 383 Å². The number of ether oxygens (including phenoxy) is 1. The van der Waals surface area contributed by atoms with Crippen LogP contribution in [0.3, 0.4) is 0 Å². The van der Waals surface area contributed by atoms with Gasteiger partial charge in [0, 0.05) is 191 Å². The number of urea groups is 1. The lowest BCUT2D eigenvalue weighted by molar-refractivity contribution is -0.146. The fraction of sp³-hybridized carbons (Fsp3) is 0.593. The van der Waals surface area contributed by atoms with E-state index >= 15 is 0 Å². The van der Waals surface area contributed by atoms with Crippen LogP contribution in [0.4, 0.5) is 9.59 Å². The van der Waals surface area contributed by atoms with E-state index in [-0.39, 0.29) is 113 Å². The molecule has 1 aromatic heterocycles. The molecule has 40 heteroatoms. The molecule has 18 amide bonds. The number of Topliss-reactive ketones (excluding diaryl/α,β-unsaturated/α-hetero) is 2. The monoisotopic (exact) mass is 1700 g/mol. The van der Waals surface area contributed by atoms with E-state index in [2.05, 4.69) is 36.9 Å². The minimum atomic E-state index is -1.05. The Morgan fingerprint density at radius 2 is 0.876 bits per heavy atom. The number of hydrogen-bond donors (Lipinski definition) is 8. The van der Waals surface area contributed by atoms with Crippen molar-refractivity contribution in [3.8, 4) is 0 Å². The third kappa shape index (κ3) is 38.2. The van der Waals surface area contributed by atoms with E-state index in [4.69, 9.17) is 10.5 Å². The van der Waals surface area contributed by atoms with E-state index in [1.807, 2.05) is 38.1 Å². The van der Waals surface area contributed by atoms with Gasteiger partial charge in [0.1, 0.15) is 18.4 Å². The number of nitrogens with one attached hydrogen (secondary N) is 7. The molecule has 9 N–H and O–H groups in total. The molecule has 0 aliphatic carbocycles. The van der Waals surface area contributed by atoms with Gasteiger partial charge in [0.05, 0.1) is 71.5 Å². The Bertz CT molecular complexity index is 4100. The van der Waals surface area contributed by atoms with Gasteiger partial charge in [-0.05, 0) is 55.4 Å². The lowest BCUT2D eigenvalue weighted by Gasteiger charge is -2.27. The number of nitrogens with zero attached hydrogens (tertiary/aromatic N) is 12. The van der Waals surface area contributed by atoms with Crippen molar-refractivity contribution in [1.82, 2.24) is 95.7 Å². The largest absolute Gasteiger partial charge is 0.445 e. The van der Waals surface area contributed by atoms with Crippen molar-refractivity contribution in [3.63, 3.8) is 0 Å². The van der Waals surface area contributed by atoms with E-state index in [0.717, 1.165) is 65.5 Å². The van der Waals surface area contributed by atoms with Crippen LogP contribution < -0.4 is 37.6 Å². The van der Waals surface area contributed by atoms with Crippen molar-refractivity contribution in [2.45, 2.75) is 117 Å². The van der Waals surface area contributed by atoms with Crippen LogP contribution in [0.25, 0.3) is 10.9 Å². The minimum absolute atomic E-state index is 0.0500. The summed E-state index contributed by atoms with van der Waals surface area (Å²) in [5.74, 6) is -10.4. The van der Waals surface area contributed by atoms with Crippen molar-refractivity contribution < 1.29 is 95.8 Å². The van der Waals surface area contributed by atoms with Gasteiger partial charge in [0.15, 0.2) is 5.78 Å². The molecule has 0 aliphatic rings. The van der Waals surface area contributed by atoms with Gasteiger partial charge in [0.2, 0.25) is 88.6 Å². The average Bonchev–Trinajstić information content (AvgIpc) is 1.69. The normalized spacial score (nSPS) is 11.6. The second-order valence-electron chi connectivity index (χ2n) is 31.0. The number of aromatic amines is 1. The summed E-state index contributed by atoms with van der Waals surface area (Å²) in [4.78, 5) is 265. The second kappa shape index (κ2) is 52.0. The number of amides is 18. The first-order valence-corrected chi connectivity index (χ1v) is 39.9. The Morgan fingerprint density at radius 3 is 1.34 bits per heavy atom. The molecule has 3 aromatic rings. The summed E-state index contributed by atoms with van der Waals surface area (Å²) in [5, 5.41) is 17.2. The molecule has 40 nitrogen and oxygen atoms in total. The molecule has 670 valence electrons. The summed E-state index contributed by atoms with van der Waals surface area (Å²) in [6.07, 6.45) is 0.953. The zero-order chi connectivity index (χ0) is 91.1. The SMILES string of the molecule is CC(C)NCCNC(=O)[C@H](C)NC(=O)CN(C)C(=O)CN(C)C(=O)CN(C)C(=O)CN(C)C(=O)CN(C)C(=O)CN(C)C(=O)CN(C)C(=O)CN(C)C(=O)CN(C)C(=O)CN(C)C(=O)CCNC(=O)CCCC(=O)C[C@@H](Cc1c[nH]c2ccccc12)C(=O)N[C@@H](CCCNC(N)=O)C(=O)Cc1ccc(COC(=O)N(C)CCN(C)C(=O)C(C)C)cc1. The summed E-state index contributed by atoms with van der Waals surface area (Å²) >= 11 is 0. The topological polar surface area (TPSA) is 486 Å². The predicted octanol–water partition coefficient (Wildman–Crippen LogP) is -2.41. The maximum absolute atomic E-state index is 14.4. The zero-order valence-electron chi connectivity index (χ0n) is 73.1. The van der Waals surface area contributed by atoms with Crippen molar-refractivity contribution in [1.29, 1.82) is 0 Å². The van der Waals surface area contributed by atoms with Crippen LogP contribution >= 0.6 is 0 Å². The molecule has 0 bridgehead atoms. The van der Waals surface area contributed by atoms with Gasteiger partial charge in [-0.15, -0.1) is 0 Å². The number of aromatic nitrogens is 1. The molecular weight excluding hydrogens is 1570 g/mol. The number of carbonyl (C=O) groups is 19. The highest BCUT2D eigenvalue weighted by Crippen LogP contribution is 2.24. The number of rotatable bonds is 52.